The molecule has 0 aliphatic carbocycles. The molecule has 1 aromatic carbocycles. The maximum absolute atomic E-state index is 12.8. The van der Waals surface area contributed by atoms with Gasteiger partial charge in [-0.15, -0.1) is 0 Å². The first-order chi connectivity index (χ1) is 12.1. The summed E-state index contributed by atoms with van der Waals surface area (Å²) in [6.45, 7) is 6.74. The second-order valence-corrected chi connectivity index (χ2v) is 6.60. The number of likely N-dealkylation sites (tertiary alicyclic amines) is 1. The Morgan fingerprint density at radius 3 is 2.80 bits per heavy atom. The van der Waals surface area contributed by atoms with E-state index in [2.05, 4.69) is 5.10 Å². The highest BCUT2D eigenvalue weighted by atomic mass is 16.5. The third kappa shape index (κ3) is 4.02. The van der Waals surface area contributed by atoms with Gasteiger partial charge in [0.2, 0.25) is 0 Å². The lowest BCUT2D eigenvalue weighted by Gasteiger charge is -2.32. The number of benzene rings is 1. The molecule has 134 valence electrons. The van der Waals surface area contributed by atoms with Crippen LogP contribution >= 0.6 is 0 Å². The van der Waals surface area contributed by atoms with Crippen LogP contribution in [0.15, 0.2) is 35.1 Å². The normalized spacial score (nSPS) is 17.7. The fraction of sp³-hybridized carbons (Fsp3) is 0.474. The van der Waals surface area contributed by atoms with Crippen LogP contribution < -0.4 is 5.56 Å². The molecule has 1 aliphatic heterocycles. The van der Waals surface area contributed by atoms with Crippen molar-refractivity contribution in [2.45, 2.75) is 26.7 Å². The van der Waals surface area contributed by atoms with E-state index in [9.17, 15) is 9.59 Å². The Bertz CT molecular complexity index is 776. The summed E-state index contributed by atoms with van der Waals surface area (Å²) in [6.07, 6.45) is 2.04. The predicted octanol–water partition coefficient (Wildman–Crippen LogP) is 2.36. The maximum atomic E-state index is 12.8. The molecule has 1 aromatic heterocycles. The van der Waals surface area contributed by atoms with Crippen LogP contribution in [0.2, 0.25) is 0 Å². The highest BCUT2D eigenvalue weighted by molar-refractivity contribution is 5.92. The standard InChI is InChI=1S/C19H25N3O3/c1-3-25-13-15-5-4-10-21(12-15)19(24)17-11-18(23)22(20-17)16-8-6-14(2)7-9-16/h6-9,11,15,20H,3-5,10,12-13H2,1-2H3/t15-/m0/s1. The monoisotopic (exact) mass is 343 g/mol. The predicted molar refractivity (Wildman–Crippen MR) is 96.2 cm³/mol. The van der Waals surface area contributed by atoms with E-state index in [1.807, 2.05) is 43.0 Å². The minimum atomic E-state index is -0.227. The smallest absolute Gasteiger partial charge is 0.271 e. The summed E-state index contributed by atoms with van der Waals surface area (Å²) in [4.78, 5) is 26.8. The first-order valence-electron chi connectivity index (χ1n) is 8.84. The number of hydrogen-bond acceptors (Lipinski definition) is 3. The summed E-state index contributed by atoms with van der Waals surface area (Å²) in [6, 6.07) is 8.98. The molecule has 6 nitrogen and oxygen atoms in total. The average Bonchev–Trinajstić information content (AvgIpc) is 3.02. The summed E-state index contributed by atoms with van der Waals surface area (Å²) in [5.41, 5.74) is 1.95. The molecular weight excluding hydrogens is 318 g/mol. The number of carbonyl (C=O) groups is 1. The molecule has 0 unspecified atom stereocenters. The largest absolute Gasteiger partial charge is 0.381 e. The molecule has 25 heavy (non-hydrogen) atoms. The van der Waals surface area contributed by atoms with Crippen molar-refractivity contribution in [3.8, 4) is 5.69 Å². The number of H-pyrrole nitrogens is 1. The quantitative estimate of drug-likeness (QED) is 0.906. The average molecular weight is 343 g/mol. The molecule has 1 amide bonds. The molecule has 0 saturated carbocycles. The van der Waals surface area contributed by atoms with E-state index < -0.39 is 0 Å². The van der Waals surface area contributed by atoms with E-state index in [0.29, 0.717) is 31.4 Å². The number of nitrogens with one attached hydrogen (secondary N) is 1. The third-order valence-electron chi connectivity index (χ3n) is 4.61. The van der Waals surface area contributed by atoms with Crippen molar-refractivity contribution in [3.05, 3.63) is 51.9 Å². The van der Waals surface area contributed by atoms with Gasteiger partial charge in [0.15, 0.2) is 0 Å². The van der Waals surface area contributed by atoms with Gasteiger partial charge in [-0.1, -0.05) is 17.7 Å². The third-order valence-corrected chi connectivity index (χ3v) is 4.61. The zero-order chi connectivity index (χ0) is 17.8. The van der Waals surface area contributed by atoms with Crippen LogP contribution in [0, 0.1) is 12.8 Å². The van der Waals surface area contributed by atoms with E-state index >= 15 is 0 Å². The topological polar surface area (TPSA) is 67.3 Å². The molecule has 6 heteroatoms. The molecule has 0 radical (unpaired) electrons. The van der Waals surface area contributed by atoms with Crippen molar-refractivity contribution in [2.24, 2.45) is 5.92 Å². The minimum Gasteiger partial charge on any atom is -0.381 e. The summed E-state index contributed by atoms with van der Waals surface area (Å²) in [5.74, 6) is 0.243. The van der Waals surface area contributed by atoms with Crippen LogP contribution in [0.5, 0.6) is 0 Å². The van der Waals surface area contributed by atoms with E-state index in [1.165, 1.54) is 10.7 Å². The van der Waals surface area contributed by atoms with Gasteiger partial charge >= 0.3 is 0 Å². The molecule has 2 aromatic rings. The molecule has 2 heterocycles. The number of rotatable bonds is 5. The first-order valence-corrected chi connectivity index (χ1v) is 8.84. The van der Waals surface area contributed by atoms with Crippen molar-refractivity contribution in [2.75, 3.05) is 26.3 Å². The van der Waals surface area contributed by atoms with Gasteiger partial charge in [0, 0.05) is 25.8 Å². The van der Waals surface area contributed by atoms with Gasteiger partial charge in [0.1, 0.15) is 5.69 Å². The number of ether oxygens (including phenoxy) is 1. The summed E-state index contributed by atoms with van der Waals surface area (Å²) in [7, 11) is 0. The molecule has 0 spiro atoms. The lowest BCUT2D eigenvalue weighted by atomic mass is 9.99. The maximum Gasteiger partial charge on any atom is 0.271 e. The van der Waals surface area contributed by atoms with Crippen LogP contribution in [0.4, 0.5) is 0 Å². The number of carbonyl (C=O) groups excluding carboxylic acids is 1. The Morgan fingerprint density at radius 1 is 1.32 bits per heavy atom. The van der Waals surface area contributed by atoms with Gasteiger partial charge in [0.25, 0.3) is 11.5 Å². The number of amides is 1. The number of piperidine rings is 1. The fourth-order valence-electron chi connectivity index (χ4n) is 3.23. The summed E-state index contributed by atoms with van der Waals surface area (Å²) < 4.78 is 6.91. The van der Waals surface area contributed by atoms with E-state index in [-0.39, 0.29) is 11.5 Å². The molecule has 1 saturated heterocycles. The van der Waals surface area contributed by atoms with Gasteiger partial charge in [-0.05, 0) is 44.7 Å². The lowest BCUT2D eigenvalue weighted by Crippen LogP contribution is -2.41. The zero-order valence-corrected chi connectivity index (χ0v) is 14.8. The van der Waals surface area contributed by atoms with Crippen LogP contribution in [0.1, 0.15) is 35.8 Å². The molecular formula is C19H25N3O3. The van der Waals surface area contributed by atoms with Crippen molar-refractivity contribution < 1.29 is 9.53 Å². The van der Waals surface area contributed by atoms with Gasteiger partial charge in [-0.3, -0.25) is 14.7 Å². The Hall–Kier alpha value is -2.34. The van der Waals surface area contributed by atoms with Crippen LogP contribution in [0.25, 0.3) is 5.69 Å². The van der Waals surface area contributed by atoms with Crippen molar-refractivity contribution >= 4 is 5.91 Å². The Morgan fingerprint density at radius 2 is 2.08 bits per heavy atom. The number of aromatic nitrogens is 2. The zero-order valence-electron chi connectivity index (χ0n) is 14.8. The Labute approximate surface area is 147 Å². The highest BCUT2D eigenvalue weighted by Gasteiger charge is 2.26. The molecule has 1 N–H and O–H groups in total. The second kappa shape index (κ2) is 7.70. The van der Waals surface area contributed by atoms with Crippen LogP contribution in [-0.2, 0) is 4.74 Å². The van der Waals surface area contributed by atoms with E-state index in [0.717, 1.165) is 30.6 Å². The Kier molecular flexibility index (Phi) is 5.38. The van der Waals surface area contributed by atoms with E-state index in [4.69, 9.17) is 4.74 Å². The first kappa shape index (κ1) is 17.5. The van der Waals surface area contributed by atoms with E-state index in [1.54, 1.807) is 0 Å². The minimum absolute atomic E-state index is 0.121. The number of hydrogen-bond donors (Lipinski definition) is 1. The molecule has 1 aliphatic rings. The second-order valence-electron chi connectivity index (χ2n) is 6.60. The number of aromatic amines is 1. The van der Waals surface area contributed by atoms with Crippen molar-refractivity contribution in [1.29, 1.82) is 0 Å². The van der Waals surface area contributed by atoms with Crippen molar-refractivity contribution in [1.82, 2.24) is 14.7 Å². The summed E-state index contributed by atoms with van der Waals surface area (Å²) >= 11 is 0. The number of nitrogens with zero attached hydrogens (tertiary/aromatic N) is 2. The summed E-state index contributed by atoms with van der Waals surface area (Å²) in [5, 5.41) is 2.95. The molecule has 1 atom stereocenters. The van der Waals surface area contributed by atoms with Crippen LogP contribution in [0.3, 0.4) is 0 Å². The van der Waals surface area contributed by atoms with Gasteiger partial charge in [-0.2, -0.15) is 0 Å². The SMILES string of the molecule is CCOC[C@H]1CCCN(C(=O)c2cc(=O)n(-c3ccc(C)cc3)[nH]2)C1. The van der Waals surface area contributed by atoms with Crippen LogP contribution in [-0.4, -0.2) is 46.9 Å². The van der Waals surface area contributed by atoms with Gasteiger partial charge in [0.05, 0.1) is 12.3 Å². The fourth-order valence-corrected chi connectivity index (χ4v) is 3.23. The molecule has 0 bridgehead atoms. The number of aryl methyl sites for hydroxylation is 1. The van der Waals surface area contributed by atoms with Crippen molar-refractivity contribution in [3.63, 3.8) is 0 Å². The highest BCUT2D eigenvalue weighted by Crippen LogP contribution is 2.18. The lowest BCUT2D eigenvalue weighted by molar-refractivity contribution is 0.0496. The van der Waals surface area contributed by atoms with Gasteiger partial charge in [-0.25, -0.2) is 4.68 Å². The molecule has 3 rings (SSSR count). The Balaban J connectivity index is 1.75. The van der Waals surface area contributed by atoms with Gasteiger partial charge < -0.3 is 9.64 Å². The molecule has 1 fully saturated rings.